The fourth-order valence-corrected chi connectivity index (χ4v) is 4.28. The number of fused-ring (bicyclic) bond motifs is 1. The number of alkyl halides is 3. The number of halogens is 3. The van der Waals surface area contributed by atoms with Gasteiger partial charge < -0.3 is 14.6 Å². The molecule has 2 fully saturated rings. The number of carbonyl (C=O) groups is 1. The van der Waals surface area contributed by atoms with E-state index in [-0.39, 0.29) is 12.0 Å². The van der Waals surface area contributed by atoms with Crippen molar-refractivity contribution in [1.29, 1.82) is 0 Å². The molecule has 1 aromatic carbocycles. The summed E-state index contributed by atoms with van der Waals surface area (Å²) in [7, 11) is -1.49. The lowest BCUT2D eigenvalue weighted by molar-refractivity contribution is -0.192. The molecule has 2 heterocycles. The van der Waals surface area contributed by atoms with E-state index in [0.717, 1.165) is 25.4 Å². The number of aliphatic carboxylic acids is 1. The predicted octanol–water partition coefficient (Wildman–Crippen LogP) is 1.42. The monoisotopic (exact) mass is 454 g/mol. The van der Waals surface area contributed by atoms with Crippen LogP contribution in [0.1, 0.15) is 5.56 Å². The number of carboxylic acid groups (broad SMARTS) is 1. The zero-order valence-electron chi connectivity index (χ0n) is 16.6. The van der Waals surface area contributed by atoms with Crippen molar-refractivity contribution >= 4 is 16.0 Å². The molecular weight excluding hydrogens is 429 g/mol. The van der Waals surface area contributed by atoms with Gasteiger partial charge in [0.05, 0.1) is 26.1 Å². The molecule has 1 aromatic rings. The normalized spacial score (nSPS) is 23.1. The molecule has 170 valence electrons. The molecule has 1 N–H and O–H groups in total. The van der Waals surface area contributed by atoms with Gasteiger partial charge in [-0.3, -0.25) is 4.90 Å². The summed E-state index contributed by atoms with van der Waals surface area (Å²) in [6, 6.07) is 8.05. The molecule has 8 nitrogen and oxygen atoms in total. The number of methoxy groups -OCH3 is 1. The topological polar surface area (TPSA) is 96.4 Å². The van der Waals surface area contributed by atoms with Crippen molar-refractivity contribution in [3.63, 3.8) is 0 Å². The first-order chi connectivity index (χ1) is 13.9. The highest BCUT2D eigenvalue weighted by molar-refractivity contribution is 7.88. The van der Waals surface area contributed by atoms with E-state index < -0.39 is 22.2 Å². The van der Waals surface area contributed by atoms with E-state index in [9.17, 15) is 21.6 Å². The molecular formula is C18H25F3N2O6S. The maximum atomic E-state index is 11.8. The maximum Gasteiger partial charge on any atom is 0.490 e. The molecule has 0 bridgehead atoms. The first-order valence-electron chi connectivity index (χ1n) is 9.12. The van der Waals surface area contributed by atoms with Gasteiger partial charge in [0.25, 0.3) is 0 Å². The summed E-state index contributed by atoms with van der Waals surface area (Å²) in [4.78, 5) is 11.2. The number of hydrogen-bond acceptors (Lipinski definition) is 6. The number of likely N-dealkylation sites (tertiary alicyclic amines) is 1. The van der Waals surface area contributed by atoms with E-state index in [2.05, 4.69) is 11.0 Å². The zero-order valence-corrected chi connectivity index (χ0v) is 17.4. The quantitative estimate of drug-likeness (QED) is 0.735. The molecule has 0 spiro atoms. The highest BCUT2D eigenvalue weighted by Gasteiger charge is 2.39. The molecule has 0 unspecified atom stereocenters. The minimum absolute atomic E-state index is 0.118. The van der Waals surface area contributed by atoms with E-state index in [4.69, 9.17) is 19.4 Å². The van der Waals surface area contributed by atoms with E-state index in [0.29, 0.717) is 19.7 Å². The lowest BCUT2D eigenvalue weighted by atomic mass is 10.1. The molecule has 12 heteroatoms. The number of rotatable bonds is 4. The average molecular weight is 454 g/mol. The number of nitrogens with zero attached hydrogens (tertiary/aromatic N) is 2. The number of sulfonamides is 1. The number of ether oxygens (including phenoxy) is 2. The summed E-state index contributed by atoms with van der Waals surface area (Å²) in [5, 5.41) is 7.12. The first-order valence-corrected chi connectivity index (χ1v) is 11.0. The van der Waals surface area contributed by atoms with E-state index in [1.807, 2.05) is 18.2 Å². The Labute approximate surface area is 173 Å². The SMILES string of the molecule is COc1cccc(CN2C[C@@H]3CN(S(C)(=O)=O)CCO[C@@H]3C2)c1.O=C(O)C(F)(F)F. The van der Waals surface area contributed by atoms with Crippen molar-refractivity contribution in [2.24, 2.45) is 5.92 Å². The summed E-state index contributed by atoms with van der Waals surface area (Å²) in [6.45, 7) is 4.01. The van der Waals surface area contributed by atoms with Crippen molar-refractivity contribution in [2.45, 2.75) is 18.8 Å². The number of benzene rings is 1. The molecule has 0 saturated carbocycles. The van der Waals surface area contributed by atoms with E-state index in [1.54, 1.807) is 11.4 Å². The number of hydrogen-bond donors (Lipinski definition) is 1. The Balaban J connectivity index is 0.000000396. The summed E-state index contributed by atoms with van der Waals surface area (Å²) < 4.78 is 68.1. The second-order valence-corrected chi connectivity index (χ2v) is 9.12. The molecule has 0 amide bonds. The predicted molar refractivity (Wildman–Crippen MR) is 102 cm³/mol. The summed E-state index contributed by atoms with van der Waals surface area (Å²) in [6.07, 6.45) is -3.69. The van der Waals surface area contributed by atoms with Gasteiger partial charge in [-0.1, -0.05) is 12.1 Å². The van der Waals surface area contributed by atoms with Gasteiger partial charge in [-0.2, -0.15) is 17.5 Å². The van der Waals surface area contributed by atoms with Crippen LogP contribution < -0.4 is 4.74 Å². The van der Waals surface area contributed by atoms with Crippen LogP contribution in [0.4, 0.5) is 13.2 Å². The van der Waals surface area contributed by atoms with Crippen molar-refractivity contribution < 1.29 is 41.0 Å². The van der Waals surface area contributed by atoms with Crippen LogP contribution >= 0.6 is 0 Å². The molecule has 0 radical (unpaired) electrons. The van der Waals surface area contributed by atoms with Crippen LogP contribution in [0.2, 0.25) is 0 Å². The fourth-order valence-electron chi connectivity index (χ4n) is 3.41. The minimum Gasteiger partial charge on any atom is -0.497 e. The van der Waals surface area contributed by atoms with Crippen LogP contribution in [0.15, 0.2) is 24.3 Å². The van der Waals surface area contributed by atoms with Gasteiger partial charge >= 0.3 is 12.1 Å². The Bertz CT molecular complexity index is 833. The summed E-state index contributed by atoms with van der Waals surface area (Å²) in [5.41, 5.74) is 1.20. The molecule has 2 saturated heterocycles. The third kappa shape index (κ3) is 7.11. The van der Waals surface area contributed by atoms with Gasteiger partial charge in [-0.25, -0.2) is 13.2 Å². The Morgan fingerprint density at radius 1 is 1.30 bits per heavy atom. The minimum atomic E-state index is -5.08. The van der Waals surface area contributed by atoms with Crippen LogP contribution in [0.3, 0.4) is 0 Å². The largest absolute Gasteiger partial charge is 0.497 e. The second kappa shape index (κ2) is 9.94. The number of carboxylic acids is 1. The molecule has 0 aromatic heterocycles. The Kier molecular flexibility index (Phi) is 8.08. The van der Waals surface area contributed by atoms with Crippen molar-refractivity contribution in [1.82, 2.24) is 9.21 Å². The maximum absolute atomic E-state index is 11.8. The van der Waals surface area contributed by atoms with Crippen molar-refractivity contribution in [2.75, 3.05) is 46.2 Å². The van der Waals surface area contributed by atoms with Gasteiger partial charge in [0.1, 0.15) is 5.75 Å². The first kappa shape index (κ1) is 24.4. The standard InChI is InChI=1S/C16H24N2O4S.C2HF3O2/c1-21-15-5-3-4-13(8-15)9-17-10-14-11-18(23(2,19)20)6-7-22-16(14)12-17;3-2(4,5)1(6)7/h3-5,8,14,16H,6-7,9-12H2,1-2H3;(H,6,7)/t14-,16-;/m1./s1. The zero-order chi connectivity index (χ0) is 22.5. The van der Waals surface area contributed by atoms with Crippen LogP contribution in [-0.2, 0) is 26.1 Å². The van der Waals surface area contributed by atoms with Gasteiger partial charge in [-0.05, 0) is 17.7 Å². The van der Waals surface area contributed by atoms with Crippen molar-refractivity contribution in [3.8, 4) is 5.75 Å². The highest BCUT2D eigenvalue weighted by atomic mass is 32.2. The lowest BCUT2D eigenvalue weighted by Crippen LogP contribution is -2.36. The molecule has 3 rings (SSSR count). The van der Waals surface area contributed by atoms with Crippen LogP contribution in [0.25, 0.3) is 0 Å². The third-order valence-electron chi connectivity index (χ3n) is 4.82. The highest BCUT2D eigenvalue weighted by Crippen LogP contribution is 2.26. The Morgan fingerprint density at radius 2 is 1.97 bits per heavy atom. The smallest absolute Gasteiger partial charge is 0.490 e. The molecule has 30 heavy (non-hydrogen) atoms. The Hall–Kier alpha value is -1.89. The van der Waals surface area contributed by atoms with Gasteiger partial charge in [-0.15, -0.1) is 0 Å². The average Bonchev–Trinajstić information content (AvgIpc) is 2.89. The molecule has 2 atom stereocenters. The Morgan fingerprint density at radius 3 is 2.53 bits per heavy atom. The molecule has 2 aliphatic rings. The van der Waals surface area contributed by atoms with Gasteiger partial charge in [0.2, 0.25) is 10.0 Å². The van der Waals surface area contributed by atoms with Gasteiger partial charge in [0, 0.05) is 38.6 Å². The van der Waals surface area contributed by atoms with Crippen molar-refractivity contribution in [3.05, 3.63) is 29.8 Å². The fraction of sp³-hybridized carbons (Fsp3) is 0.611. The van der Waals surface area contributed by atoms with E-state index in [1.165, 1.54) is 11.8 Å². The second-order valence-electron chi connectivity index (χ2n) is 7.14. The van der Waals surface area contributed by atoms with Crippen LogP contribution in [-0.4, -0.2) is 87.1 Å². The van der Waals surface area contributed by atoms with E-state index >= 15 is 0 Å². The van der Waals surface area contributed by atoms with Gasteiger partial charge in [0.15, 0.2) is 0 Å². The summed E-state index contributed by atoms with van der Waals surface area (Å²) in [5.74, 6) is -1.67. The molecule has 0 aliphatic carbocycles. The van der Waals surface area contributed by atoms with Crippen LogP contribution in [0, 0.1) is 5.92 Å². The third-order valence-corrected chi connectivity index (χ3v) is 6.09. The summed E-state index contributed by atoms with van der Waals surface area (Å²) >= 11 is 0. The lowest BCUT2D eigenvalue weighted by Gasteiger charge is -2.21. The van der Waals surface area contributed by atoms with Crippen LogP contribution in [0.5, 0.6) is 5.75 Å². The molecule has 2 aliphatic heterocycles.